The van der Waals surface area contributed by atoms with Crippen LogP contribution in [0.4, 0.5) is 0 Å². The molecule has 5 heteroatoms. The lowest BCUT2D eigenvalue weighted by Gasteiger charge is -2.23. The molecule has 26 heavy (non-hydrogen) atoms. The second kappa shape index (κ2) is 8.47. The first-order chi connectivity index (χ1) is 12.5. The highest BCUT2D eigenvalue weighted by Gasteiger charge is 2.34. The van der Waals surface area contributed by atoms with Gasteiger partial charge in [0.1, 0.15) is 0 Å². The summed E-state index contributed by atoms with van der Waals surface area (Å²) in [6, 6.07) is 18.2. The molecule has 0 saturated carbocycles. The molecule has 2 atom stereocenters. The maximum Gasteiger partial charge on any atom is 0.232 e. The molecule has 0 spiro atoms. The number of hydrogen-bond donors (Lipinski definition) is 1. The number of nitrogens with zero attached hydrogens (tertiary/aromatic N) is 1. The number of nitrogens with two attached hydrogens (primary N) is 1. The van der Waals surface area contributed by atoms with Crippen molar-refractivity contribution in [3.05, 3.63) is 70.7 Å². The average Bonchev–Trinajstić information content (AvgIpc) is 3.07. The molecule has 1 aliphatic rings. The molecule has 1 amide bonds. The first-order valence-corrected chi connectivity index (χ1v) is 10.3. The number of carbonyl (C=O) groups excluding carboxylic acids is 1. The van der Waals surface area contributed by atoms with E-state index in [0.717, 1.165) is 30.1 Å². The molecule has 0 radical (unpaired) electrons. The molecule has 0 bridgehead atoms. The maximum absolute atomic E-state index is 12.7. The summed E-state index contributed by atoms with van der Waals surface area (Å²) < 4.78 is 0. The van der Waals surface area contributed by atoms with Crippen molar-refractivity contribution in [2.24, 2.45) is 11.1 Å². The highest BCUT2D eigenvalue weighted by atomic mass is 35.5. The monoisotopic (exact) mass is 388 g/mol. The summed E-state index contributed by atoms with van der Waals surface area (Å²) in [4.78, 5) is 14.7. The summed E-state index contributed by atoms with van der Waals surface area (Å²) in [6.07, 6.45) is 0.985. The highest BCUT2D eigenvalue weighted by Crippen LogP contribution is 2.37. The summed E-state index contributed by atoms with van der Waals surface area (Å²) >= 11 is 7.71. The second-order valence-electron chi connectivity index (χ2n) is 7.23. The number of rotatable bonds is 6. The number of halogens is 1. The van der Waals surface area contributed by atoms with E-state index in [0.29, 0.717) is 12.3 Å². The molecule has 1 saturated heterocycles. The third-order valence-corrected chi connectivity index (χ3v) is 6.60. The van der Waals surface area contributed by atoms with Crippen molar-refractivity contribution in [2.45, 2.75) is 18.6 Å². The van der Waals surface area contributed by atoms with E-state index in [1.165, 1.54) is 5.56 Å². The zero-order chi connectivity index (χ0) is 18.6. The molecule has 2 unspecified atom stereocenters. The SMILES string of the molecule is CC1(CN)CCN(C(=O)CSC(c2ccccc2)c2ccc(Cl)cc2)C1. The van der Waals surface area contributed by atoms with Crippen molar-refractivity contribution in [1.82, 2.24) is 4.90 Å². The van der Waals surface area contributed by atoms with Crippen LogP contribution in [0.3, 0.4) is 0 Å². The van der Waals surface area contributed by atoms with Gasteiger partial charge in [-0.1, -0.05) is 61.0 Å². The summed E-state index contributed by atoms with van der Waals surface area (Å²) in [5, 5.41) is 0.834. The molecule has 1 fully saturated rings. The first kappa shape index (κ1) is 19.3. The number of carbonyl (C=O) groups is 1. The van der Waals surface area contributed by atoms with E-state index in [-0.39, 0.29) is 16.6 Å². The molecule has 138 valence electrons. The topological polar surface area (TPSA) is 46.3 Å². The van der Waals surface area contributed by atoms with E-state index in [9.17, 15) is 4.79 Å². The van der Waals surface area contributed by atoms with Crippen LogP contribution >= 0.6 is 23.4 Å². The number of likely N-dealkylation sites (tertiary alicyclic amines) is 1. The Balaban J connectivity index is 1.71. The average molecular weight is 389 g/mol. The molecular formula is C21H25ClN2OS. The zero-order valence-electron chi connectivity index (χ0n) is 15.0. The number of hydrogen-bond acceptors (Lipinski definition) is 3. The summed E-state index contributed by atoms with van der Waals surface area (Å²) in [5.41, 5.74) is 8.28. The van der Waals surface area contributed by atoms with Gasteiger partial charge in [0, 0.05) is 18.1 Å². The molecule has 2 N–H and O–H groups in total. The largest absolute Gasteiger partial charge is 0.341 e. The fourth-order valence-corrected chi connectivity index (χ4v) is 4.62. The molecule has 0 aliphatic carbocycles. The van der Waals surface area contributed by atoms with Crippen LogP contribution in [0.5, 0.6) is 0 Å². The van der Waals surface area contributed by atoms with Gasteiger partial charge in [-0.05, 0) is 41.6 Å². The smallest absolute Gasteiger partial charge is 0.232 e. The van der Waals surface area contributed by atoms with Crippen LogP contribution in [0.1, 0.15) is 29.7 Å². The zero-order valence-corrected chi connectivity index (χ0v) is 16.6. The lowest BCUT2D eigenvalue weighted by atomic mass is 9.90. The summed E-state index contributed by atoms with van der Waals surface area (Å²) in [5.74, 6) is 0.658. The van der Waals surface area contributed by atoms with E-state index < -0.39 is 0 Å². The third-order valence-electron chi connectivity index (χ3n) is 5.05. The van der Waals surface area contributed by atoms with Gasteiger partial charge in [0.25, 0.3) is 0 Å². The first-order valence-electron chi connectivity index (χ1n) is 8.91. The molecule has 0 aromatic heterocycles. The molecule has 3 nitrogen and oxygen atoms in total. The van der Waals surface area contributed by atoms with Crippen LogP contribution in [-0.2, 0) is 4.79 Å². The van der Waals surface area contributed by atoms with Crippen molar-refractivity contribution in [3.63, 3.8) is 0 Å². The second-order valence-corrected chi connectivity index (χ2v) is 8.76. The van der Waals surface area contributed by atoms with E-state index >= 15 is 0 Å². The lowest BCUT2D eigenvalue weighted by molar-refractivity contribution is -0.127. The van der Waals surface area contributed by atoms with Gasteiger partial charge in [0.05, 0.1) is 11.0 Å². The Morgan fingerprint density at radius 3 is 2.46 bits per heavy atom. The fraction of sp³-hybridized carbons (Fsp3) is 0.381. The minimum Gasteiger partial charge on any atom is -0.341 e. The van der Waals surface area contributed by atoms with Crippen LogP contribution in [0.2, 0.25) is 5.02 Å². The molecule has 3 rings (SSSR count). The van der Waals surface area contributed by atoms with Gasteiger partial charge in [-0.25, -0.2) is 0 Å². The number of thioether (sulfide) groups is 1. The Kier molecular flexibility index (Phi) is 6.28. The Hall–Kier alpha value is -1.49. The van der Waals surface area contributed by atoms with Gasteiger partial charge in [-0.2, -0.15) is 0 Å². The molecule has 2 aromatic rings. The van der Waals surface area contributed by atoms with Crippen molar-refractivity contribution >= 4 is 29.3 Å². The lowest BCUT2D eigenvalue weighted by Crippen LogP contribution is -2.35. The molecule has 1 aliphatic heterocycles. The van der Waals surface area contributed by atoms with Crippen LogP contribution in [-0.4, -0.2) is 36.2 Å². The molecule has 1 heterocycles. The van der Waals surface area contributed by atoms with Crippen molar-refractivity contribution in [3.8, 4) is 0 Å². The van der Waals surface area contributed by atoms with Crippen LogP contribution in [0.25, 0.3) is 0 Å². The standard InChI is InChI=1S/C21H25ClN2OS/c1-21(14-23)11-12-24(15-21)19(25)13-26-20(16-5-3-2-4-6-16)17-7-9-18(22)10-8-17/h2-10,20H,11-15,23H2,1H3. The quantitative estimate of drug-likeness (QED) is 0.799. The Morgan fingerprint density at radius 1 is 1.19 bits per heavy atom. The summed E-state index contributed by atoms with van der Waals surface area (Å²) in [7, 11) is 0. The van der Waals surface area contributed by atoms with E-state index in [4.69, 9.17) is 17.3 Å². The van der Waals surface area contributed by atoms with Crippen molar-refractivity contribution in [1.29, 1.82) is 0 Å². The van der Waals surface area contributed by atoms with Gasteiger partial charge in [0.2, 0.25) is 5.91 Å². The van der Waals surface area contributed by atoms with Crippen molar-refractivity contribution in [2.75, 3.05) is 25.4 Å². The predicted octanol–water partition coefficient (Wildman–Crippen LogP) is 4.36. The van der Waals surface area contributed by atoms with Crippen LogP contribution < -0.4 is 5.73 Å². The van der Waals surface area contributed by atoms with Gasteiger partial charge in [-0.15, -0.1) is 11.8 Å². The highest BCUT2D eigenvalue weighted by molar-refractivity contribution is 8.00. The van der Waals surface area contributed by atoms with Gasteiger partial charge >= 0.3 is 0 Å². The Morgan fingerprint density at radius 2 is 1.85 bits per heavy atom. The minimum atomic E-state index is 0.0648. The normalized spacial score (nSPS) is 21.0. The van der Waals surface area contributed by atoms with Crippen LogP contribution in [0.15, 0.2) is 54.6 Å². The molecular weight excluding hydrogens is 364 g/mol. The van der Waals surface area contributed by atoms with Gasteiger partial charge in [-0.3, -0.25) is 4.79 Å². The fourth-order valence-electron chi connectivity index (χ4n) is 3.30. The van der Waals surface area contributed by atoms with Gasteiger partial charge in [0.15, 0.2) is 0 Å². The molecule has 2 aromatic carbocycles. The third kappa shape index (κ3) is 4.61. The Bertz CT molecular complexity index is 737. The number of benzene rings is 2. The van der Waals surface area contributed by atoms with E-state index in [1.54, 1.807) is 11.8 Å². The van der Waals surface area contributed by atoms with Crippen molar-refractivity contribution < 1.29 is 4.79 Å². The van der Waals surface area contributed by atoms with E-state index in [1.807, 2.05) is 47.4 Å². The summed E-state index contributed by atoms with van der Waals surface area (Å²) in [6.45, 7) is 4.36. The van der Waals surface area contributed by atoms with Gasteiger partial charge < -0.3 is 10.6 Å². The van der Waals surface area contributed by atoms with Crippen LogP contribution in [0, 0.1) is 5.41 Å². The Labute approximate surface area is 164 Å². The maximum atomic E-state index is 12.7. The predicted molar refractivity (Wildman–Crippen MR) is 111 cm³/mol. The number of amides is 1. The minimum absolute atomic E-state index is 0.0648. The van der Waals surface area contributed by atoms with E-state index in [2.05, 4.69) is 19.1 Å².